The third-order valence-electron chi connectivity index (χ3n) is 3.57. The van der Waals surface area contributed by atoms with E-state index in [0.29, 0.717) is 16.9 Å². The lowest BCUT2D eigenvalue weighted by Crippen LogP contribution is -2.15. The van der Waals surface area contributed by atoms with Gasteiger partial charge in [-0.2, -0.15) is 0 Å². The highest BCUT2D eigenvalue weighted by molar-refractivity contribution is 6.31. The summed E-state index contributed by atoms with van der Waals surface area (Å²) in [6, 6.07) is 8.64. The van der Waals surface area contributed by atoms with E-state index in [-0.39, 0.29) is 0 Å². The second-order valence-electron chi connectivity index (χ2n) is 5.66. The van der Waals surface area contributed by atoms with Gasteiger partial charge in [0.1, 0.15) is 10.8 Å². The van der Waals surface area contributed by atoms with Crippen molar-refractivity contribution in [2.75, 3.05) is 0 Å². The maximum Gasteiger partial charge on any atom is 0.238 e. The molecule has 1 aromatic heterocycles. The zero-order valence-corrected chi connectivity index (χ0v) is 13.1. The highest BCUT2D eigenvalue weighted by atomic mass is 35.5. The minimum Gasteiger partial charge on any atom is -0.437 e. The maximum atomic E-state index is 6.28. The fourth-order valence-corrected chi connectivity index (χ4v) is 2.43. The molecule has 1 saturated carbocycles. The van der Waals surface area contributed by atoms with Crippen molar-refractivity contribution in [3.8, 4) is 11.6 Å². The molecule has 1 fully saturated rings. The van der Waals surface area contributed by atoms with Crippen molar-refractivity contribution < 1.29 is 4.74 Å². The van der Waals surface area contributed by atoms with Gasteiger partial charge in [0.05, 0.1) is 0 Å². The van der Waals surface area contributed by atoms with Crippen LogP contribution in [0.4, 0.5) is 0 Å². The van der Waals surface area contributed by atoms with E-state index in [0.717, 1.165) is 23.4 Å². The summed E-state index contributed by atoms with van der Waals surface area (Å²) < 4.78 is 5.82. The quantitative estimate of drug-likeness (QED) is 0.889. The normalized spacial score (nSPS) is 14.2. The van der Waals surface area contributed by atoms with Gasteiger partial charge in [-0.3, -0.25) is 0 Å². The van der Waals surface area contributed by atoms with Gasteiger partial charge in [0.2, 0.25) is 5.88 Å². The zero-order valence-electron chi connectivity index (χ0n) is 12.3. The van der Waals surface area contributed by atoms with Crippen LogP contribution in [0, 0.1) is 13.8 Å². The Morgan fingerprint density at radius 3 is 2.76 bits per heavy atom. The topological polar surface area (TPSA) is 34.1 Å². The average molecular weight is 303 g/mol. The Balaban J connectivity index is 1.72. The van der Waals surface area contributed by atoms with Gasteiger partial charge in [-0.05, 0) is 49.9 Å². The van der Waals surface area contributed by atoms with E-state index >= 15 is 0 Å². The van der Waals surface area contributed by atoms with Crippen molar-refractivity contribution in [3.05, 3.63) is 52.2 Å². The van der Waals surface area contributed by atoms with Gasteiger partial charge in [0.15, 0.2) is 0 Å². The number of ether oxygens (including phenoxy) is 1. The minimum atomic E-state index is 0.457. The van der Waals surface area contributed by atoms with Crippen molar-refractivity contribution >= 4 is 11.6 Å². The third kappa shape index (κ3) is 3.74. The van der Waals surface area contributed by atoms with Crippen molar-refractivity contribution in [1.29, 1.82) is 0 Å². The first-order valence-corrected chi connectivity index (χ1v) is 7.62. The molecule has 1 aromatic carbocycles. The van der Waals surface area contributed by atoms with E-state index in [1.54, 1.807) is 0 Å². The Morgan fingerprint density at radius 2 is 2.10 bits per heavy atom. The molecular formula is C17H19ClN2O. The Morgan fingerprint density at radius 1 is 1.29 bits per heavy atom. The molecule has 2 aromatic rings. The van der Waals surface area contributed by atoms with Crippen LogP contribution in [0.15, 0.2) is 30.5 Å². The van der Waals surface area contributed by atoms with Gasteiger partial charge in [-0.15, -0.1) is 0 Å². The number of nitrogens with zero attached hydrogens (tertiary/aromatic N) is 1. The van der Waals surface area contributed by atoms with E-state index in [1.165, 1.54) is 18.4 Å². The molecule has 110 valence electrons. The van der Waals surface area contributed by atoms with E-state index in [4.69, 9.17) is 16.3 Å². The first-order valence-electron chi connectivity index (χ1n) is 7.25. The standard InChI is InChI=1S/C17H19ClN2O/c1-11-3-6-16(12(2)7-11)21-17-15(18)8-13(10-20-17)9-19-14-4-5-14/h3,6-8,10,14,19H,4-5,9H2,1-2H3. The summed E-state index contributed by atoms with van der Waals surface area (Å²) in [5.41, 5.74) is 3.37. The van der Waals surface area contributed by atoms with Gasteiger partial charge in [-0.1, -0.05) is 29.3 Å². The molecule has 1 aliphatic carbocycles. The lowest BCUT2D eigenvalue weighted by atomic mass is 10.1. The summed E-state index contributed by atoms with van der Waals surface area (Å²) in [6.45, 7) is 4.88. The number of benzene rings is 1. The summed E-state index contributed by atoms with van der Waals surface area (Å²) in [5, 5.41) is 3.99. The van der Waals surface area contributed by atoms with Crippen LogP contribution < -0.4 is 10.1 Å². The number of aryl methyl sites for hydroxylation is 2. The molecule has 1 aliphatic rings. The van der Waals surface area contributed by atoms with Crippen molar-refractivity contribution in [2.24, 2.45) is 0 Å². The monoisotopic (exact) mass is 302 g/mol. The van der Waals surface area contributed by atoms with Crippen LogP contribution in [0.3, 0.4) is 0 Å². The molecule has 3 nitrogen and oxygen atoms in total. The Hall–Kier alpha value is -1.58. The molecule has 1 N–H and O–H groups in total. The summed E-state index contributed by atoms with van der Waals surface area (Å²) in [6.07, 6.45) is 4.37. The average Bonchev–Trinajstić information content (AvgIpc) is 3.26. The van der Waals surface area contributed by atoms with Crippen LogP contribution in [0.5, 0.6) is 11.6 Å². The van der Waals surface area contributed by atoms with E-state index < -0.39 is 0 Å². The Labute approximate surface area is 130 Å². The summed E-state index contributed by atoms with van der Waals surface area (Å²) >= 11 is 6.28. The van der Waals surface area contributed by atoms with Crippen LogP contribution in [0.1, 0.15) is 29.5 Å². The highest BCUT2D eigenvalue weighted by Crippen LogP contribution is 2.30. The maximum absolute atomic E-state index is 6.28. The first-order chi connectivity index (χ1) is 10.1. The molecule has 1 heterocycles. The minimum absolute atomic E-state index is 0.457. The Kier molecular flexibility index (Phi) is 4.13. The molecule has 0 amide bonds. The molecule has 21 heavy (non-hydrogen) atoms. The summed E-state index contributed by atoms with van der Waals surface area (Å²) in [7, 11) is 0. The molecule has 0 atom stereocenters. The lowest BCUT2D eigenvalue weighted by molar-refractivity contribution is 0.459. The predicted molar refractivity (Wildman–Crippen MR) is 85.1 cm³/mol. The van der Waals surface area contributed by atoms with E-state index in [1.807, 2.05) is 31.3 Å². The van der Waals surface area contributed by atoms with Gasteiger partial charge < -0.3 is 10.1 Å². The largest absolute Gasteiger partial charge is 0.437 e. The fraction of sp³-hybridized carbons (Fsp3) is 0.353. The van der Waals surface area contributed by atoms with Gasteiger partial charge in [-0.25, -0.2) is 4.98 Å². The molecule has 3 rings (SSSR count). The number of hydrogen-bond acceptors (Lipinski definition) is 3. The molecule has 0 radical (unpaired) electrons. The number of nitrogens with one attached hydrogen (secondary N) is 1. The van der Waals surface area contributed by atoms with Crippen molar-refractivity contribution in [2.45, 2.75) is 39.3 Å². The number of pyridine rings is 1. The smallest absolute Gasteiger partial charge is 0.238 e. The number of hydrogen-bond donors (Lipinski definition) is 1. The molecular weight excluding hydrogens is 284 g/mol. The summed E-state index contributed by atoms with van der Waals surface area (Å²) in [4.78, 5) is 4.34. The fourth-order valence-electron chi connectivity index (χ4n) is 2.20. The van der Waals surface area contributed by atoms with Gasteiger partial charge >= 0.3 is 0 Å². The second kappa shape index (κ2) is 6.04. The zero-order chi connectivity index (χ0) is 14.8. The molecule has 4 heteroatoms. The molecule has 0 saturated heterocycles. The molecule has 0 spiro atoms. The van der Waals surface area contributed by atoms with Gasteiger partial charge in [0, 0.05) is 18.8 Å². The van der Waals surface area contributed by atoms with Crippen LogP contribution in [-0.4, -0.2) is 11.0 Å². The molecule has 0 aliphatic heterocycles. The number of rotatable bonds is 5. The number of aromatic nitrogens is 1. The lowest BCUT2D eigenvalue weighted by Gasteiger charge is -2.11. The highest BCUT2D eigenvalue weighted by Gasteiger charge is 2.20. The first kappa shape index (κ1) is 14.4. The second-order valence-corrected chi connectivity index (χ2v) is 6.06. The van der Waals surface area contributed by atoms with Crippen LogP contribution in [0.25, 0.3) is 0 Å². The van der Waals surface area contributed by atoms with Crippen molar-refractivity contribution in [1.82, 2.24) is 10.3 Å². The Bertz CT molecular complexity index is 653. The molecule has 0 bridgehead atoms. The summed E-state index contributed by atoms with van der Waals surface area (Å²) in [5.74, 6) is 1.25. The van der Waals surface area contributed by atoms with E-state index in [2.05, 4.69) is 23.3 Å². The van der Waals surface area contributed by atoms with Crippen LogP contribution in [-0.2, 0) is 6.54 Å². The van der Waals surface area contributed by atoms with Crippen LogP contribution >= 0.6 is 11.6 Å². The van der Waals surface area contributed by atoms with Crippen LogP contribution in [0.2, 0.25) is 5.02 Å². The molecule has 0 unspecified atom stereocenters. The van der Waals surface area contributed by atoms with Crippen molar-refractivity contribution in [3.63, 3.8) is 0 Å². The predicted octanol–water partition coefficient (Wildman–Crippen LogP) is 4.40. The SMILES string of the molecule is Cc1ccc(Oc2ncc(CNC3CC3)cc2Cl)c(C)c1. The van der Waals surface area contributed by atoms with Gasteiger partial charge in [0.25, 0.3) is 0 Å². The number of halogens is 1. The van der Waals surface area contributed by atoms with E-state index in [9.17, 15) is 0 Å². The third-order valence-corrected chi connectivity index (χ3v) is 3.84.